The quantitative estimate of drug-likeness (QED) is 0.397. The first-order chi connectivity index (χ1) is 15.7. The zero-order valence-electron chi connectivity index (χ0n) is 18.6. The van der Waals surface area contributed by atoms with E-state index in [1.54, 1.807) is 7.11 Å². The van der Waals surface area contributed by atoms with Gasteiger partial charge in [0, 0.05) is 37.1 Å². The zero-order valence-corrected chi connectivity index (χ0v) is 18.6. The number of Topliss-reactive ketones (excluding diaryl/α,β-unsaturated/α-hetero) is 1. The Morgan fingerprint density at radius 3 is 2.53 bits per heavy atom. The van der Waals surface area contributed by atoms with Gasteiger partial charge < -0.3 is 15.0 Å². The largest absolute Gasteiger partial charge is 0.385 e. The number of methoxy groups -OCH3 is 1. The fourth-order valence-corrected chi connectivity index (χ4v) is 4.46. The van der Waals surface area contributed by atoms with Gasteiger partial charge in [-0.15, -0.1) is 0 Å². The Balaban J connectivity index is 1.42. The number of hydrogen-bond acceptors (Lipinski definition) is 4. The molecule has 168 valence electrons. The number of carbonyl (C=O) groups is 2. The number of para-hydroxylation sites is 1. The molecular formula is C26H31N3O3. The van der Waals surface area contributed by atoms with Crippen LogP contribution in [0.3, 0.4) is 0 Å². The highest BCUT2D eigenvalue weighted by molar-refractivity contribution is 6.14. The third-order valence-corrected chi connectivity index (χ3v) is 6.20. The molecule has 4 rings (SSSR count). The number of H-pyrrole nitrogens is 1. The monoisotopic (exact) mass is 433 g/mol. The smallest absolute Gasteiger partial charge is 0.223 e. The SMILES string of the molecule is COCCCNC(=O)C1CCN(CC(=O)c2c(-c3ccccc3)[nH]c3ccccc23)CC1. The molecule has 0 radical (unpaired) electrons. The van der Waals surface area contributed by atoms with E-state index < -0.39 is 0 Å². The van der Waals surface area contributed by atoms with E-state index in [9.17, 15) is 9.59 Å². The highest BCUT2D eigenvalue weighted by Gasteiger charge is 2.27. The van der Waals surface area contributed by atoms with Gasteiger partial charge in [0.2, 0.25) is 5.91 Å². The van der Waals surface area contributed by atoms with Crippen molar-refractivity contribution < 1.29 is 14.3 Å². The van der Waals surface area contributed by atoms with Crippen LogP contribution in [0.15, 0.2) is 54.6 Å². The minimum Gasteiger partial charge on any atom is -0.385 e. The van der Waals surface area contributed by atoms with Crippen LogP contribution in [0.25, 0.3) is 22.2 Å². The number of benzene rings is 2. The first kappa shape index (κ1) is 22.2. The minimum absolute atomic E-state index is 0.0249. The van der Waals surface area contributed by atoms with Gasteiger partial charge in [-0.05, 0) is 44.0 Å². The third kappa shape index (κ3) is 5.09. The number of fused-ring (bicyclic) bond motifs is 1. The topological polar surface area (TPSA) is 74.4 Å². The lowest BCUT2D eigenvalue weighted by atomic mass is 9.95. The van der Waals surface area contributed by atoms with E-state index in [1.807, 2.05) is 54.6 Å². The van der Waals surface area contributed by atoms with Crippen LogP contribution in [0.4, 0.5) is 0 Å². The van der Waals surface area contributed by atoms with Crippen LogP contribution >= 0.6 is 0 Å². The average Bonchev–Trinajstić information content (AvgIpc) is 3.22. The van der Waals surface area contributed by atoms with E-state index in [2.05, 4.69) is 15.2 Å². The lowest BCUT2D eigenvalue weighted by Crippen LogP contribution is -2.42. The van der Waals surface area contributed by atoms with Gasteiger partial charge in [0.1, 0.15) is 0 Å². The Morgan fingerprint density at radius 2 is 1.78 bits per heavy atom. The summed E-state index contributed by atoms with van der Waals surface area (Å²) in [7, 11) is 1.66. The Kier molecular flexibility index (Phi) is 7.35. The van der Waals surface area contributed by atoms with Crippen LogP contribution in [0.5, 0.6) is 0 Å². The summed E-state index contributed by atoms with van der Waals surface area (Å²) in [6.45, 7) is 3.17. The van der Waals surface area contributed by atoms with Crippen LogP contribution < -0.4 is 5.32 Å². The molecule has 1 amide bonds. The molecule has 1 fully saturated rings. The molecule has 3 aromatic rings. The van der Waals surface area contributed by atoms with Crippen molar-refractivity contribution >= 4 is 22.6 Å². The van der Waals surface area contributed by atoms with Gasteiger partial charge in [-0.25, -0.2) is 0 Å². The van der Waals surface area contributed by atoms with E-state index >= 15 is 0 Å². The van der Waals surface area contributed by atoms with E-state index in [-0.39, 0.29) is 17.6 Å². The standard InChI is InChI=1S/C26H31N3O3/c1-32-17-7-14-27-26(31)20-12-15-29(16-13-20)18-23(30)24-21-10-5-6-11-22(21)28-25(24)19-8-3-2-4-9-19/h2-6,8-11,20,28H,7,12-18H2,1H3,(H,27,31). The van der Waals surface area contributed by atoms with Gasteiger partial charge in [-0.1, -0.05) is 48.5 Å². The molecule has 2 aromatic carbocycles. The molecule has 1 aliphatic heterocycles. The van der Waals surface area contributed by atoms with Crippen LogP contribution in [0.1, 0.15) is 29.6 Å². The number of nitrogens with one attached hydrogen (secondary N) is 2. The van der Waals surface area contributed by atoms with Crippen molar-refractivity contribution in [3.05, 3.63) is 60.2 Å². The molecule has 1 aromatic heterocycles. The van der Waals surface area contributed by atoms with Crippen molar-refractivity contribution in [2.45, 2.75) is 19.3 Å². The lowest BCUT2D eigenvalue weighted by molar-refractivity contribution is -0.126. The van der Waals surface area contributed by atoms with E-state index in [4.69, 9.17) is 4.74 Å². The summed E-state index contributed by atoms with van der Waals surface area (Å²) in [5, 5.41) is 3.96. The summed E-state index contributed by atoms with van der Waals surface area (Å²) in [6, 6.07) is 18.0. The van der Waals surface area contributed by atoms with Gasteiger partial charge >= 0.3 is 0 Å². The van der Waals surface area contributed by atoms with Crippen molar-refractivity contribution in [2.75, 3.05) is 39.9 Å². The predicted molar refractivity (Wildman–Crippen MR) is 127 cm³/mol. The van der Waals surface area contributed by atoms with E-state index in [0.29, 0.717) is 19.7 Å². The van der Waals surface area contributed by atoms with Crippen LogP contribution in [-0.2, 0) is 9.53 Å². The molecular weight excluding hydrogens is 402 g/mol. The van der Waals surface area contributed by atoms with Gasteiger partial charge in [0.25, 0.3) is 0 Å². The zero-order chi connectivity index (χ0) is 22.3. The third-order valence-electron chi connectivity index (χ3n) is 6.20. The molecule has 0 saturated carbocycles. The number of nitrogens with zero attached hydrogens (tertiary/aromatic N) is 1. The highest BCUT2D eigenvalue weighted by Crippen LogP contribution is 2.31. The van der Waals surface area contributed by atoms with Gasteiger partial charge in [-0.3, -0.25) is 14.5 Å². The number of aromatic amines is 1. The predicted octanol–water partition coefficient (Wildman–Crippen LogP) is 3.88. The molecule has 2 N–H and O–H groups in total. The number of amides is 1. The van der Waals surface area contributed by atoms with Gasteiger partial charge in [0.15, 0.2) is 5.78 Å². The number of piperidine rings is 1. The van der Waals surface area contributed by atoms with E-state index in [1.165, 1.54) is 0 Å². The minimum atomic E-state index is 0.0249. The van der Waals surface area contributed by atoms with Crippen molar-refractivity contribution in [3.63, 3.8) is 0 Å². The fraction of sp³-hybridized carbons (Fsp3) is 0.385. The molecule has 32 heavy (non-hydrogen) atoms. The molecule has 1 saturated heterocycles. The summed E-state index contributed by atoms with van der Waals surface area (Å²) >= 11 is 0. The van der Waals surface area contributed by atoms with Crippen molar-refractivity contribution in [1.29, 1.82) is 0 Å². The number of likely N-dealkylation sites (tertiary alicyclic amines) is 1. The molecule has 0 bridgehead atoms. The maximum atomic E-state index is 13.4. The molecule has 0 aliphatic carbocycles. The summed E-state index contributed by atoms with van der Waals surface area (Å²) in [4.78, 5) is 31.5. The molecule has 0 atom stereocenters. The number of aromatic nitrogens is 1. The molecule has 6 heteroatoms. The lowest BCUT2D eigenvalue weighted by Gasteiger charge is -2.30. The van der Waals surface area contributed by atoms with Crippen molar-refractivity contribution in [2.24, 2.45) is 5.92 Å². The number of hydrogen-bond donors (Lipinski definition) is 2. The van der Waals surface area contributed by atoms with Crippen molar-refractivity contribution in [3.8, 4) is 11.3 Å². The average molecular weight is 434 g/mol. The number of rotatable bonds is 9. The number of ether oxygens (including phenoxy) is 1. The normalized spacial score (nSPS) is 15.2. The van der Waals surface area contributed by atoms with E-state index in [0.717, 1.165) is 60.1 Å². The molecule has 0 unspecified atom stereocenters. The number of ketones is 1. The second-order valence-electron chi connectivity index (χ2n) is 8.40. The first-order valence-corrected chi connectivity index (χ1v) is 11.4. The summed E-state index contributed by atoms with van der Waals surface area (Å²) in [5.41, 5.74) is 3.61. The van der Waals surface area contributed by atoms with Crippen LogP contribution in [0, 0.1) is 5.92 Å². The summed E-state index contributed by atoms with van der Waals surface area (Å²) < 4.78 is 5.02. The van der Waals surface area contributed by atoms with Crippen LogP contribution in [-0.4, -0.2) is 61.5 Å². The highest BCUT2D eigenvalue weighted by atomic mass is 16.5. The summed E-state index contributed by atoms with van der Waals surface area (Å²) in [5.74, 6) is 0.260. The maximum absolute atomic E-state index is 13.4. The Morgan fingerprint density at radius 1 is 1.06 bits per heavy atom. The first-order valence-electron chi connectivity index (χ1n) is 11.4. The second kappa shape index (κ2) is 10.6. The van der Waals surface area contributed by atoms with Gasteiger partial charge in [0.05, 0.1) is 17.8 Å². The Hall–Kier alpha value is -2.96. The number of carbonyl (C=O) groups excluding carboxylic acids is 2. The fourth-order valence-electron chi connectivity index (χ4n) is 4.46. The molecule has 0 spiro atoms. The second-order valence-corrected chi connectivity index (χ2v) is 8.40. The molecule has 2 heterocycles. The Labute approximate surface area is 188 Å². The maximum Gasteiger partial charge on any atom is 0.223 e. The van der Waals surface area contributed by atoms with Crippen molar-refractivity contribution in [1.82, 2.24) is 15.2 Å². The van der Waals surface area contributed by atoms with Gasteiger partial charge in [-0.2, -0.15) is 0 Å². The summed E-state index contributed by atoms with van der Waals surface area (Å²) in [6.07, 6.45) is 2.38. The Bertz CT molecular complexity index is 1050. The van der Waals surface area contributed by atoms with Crippen LogP contribution in [0.2, 0.25) is 0 Å². The molecule has 1 aliphatic rings. The molecule has 6 nitrogen and oxygen atoms in total.